The van der Waals surface area contributed by atoms with Crippen LogP contribution < -0.4 is 0 Å². The lowest BCUT2D eigenvalue weighted by Crippen LogP contribution is -2.44. The maximum Gasteiger partial charge on any atom is 0.0681 e. The Kier molecular flexibility index (Phi) is 5.21. The smallest absolute Gasteiger partial charge is 0.0681 e. The van der Waals surface area contributed by atoms with E-state index in [1.165, 1.54) is 11.1 Å². The van der Waals surface area contributed by atoms with Crippen molar-refractivity contribution in [1.82, 2.24) is 0 Å². The minimum Gasteiger partial charge on any atom is -0.390 e. The maximum absolute atomic E-state index is 10.9. The van der Waals surface area contributed by atoms with Crippen molar-refractivity contribution in [2.45, 2.75) is 66.4 Å². The number of rotatable bonds is 4. The fourth-order valence-corrected chi connectivity index (χ4v) is 3.07. The molecule has 0 saturated heterocycles. The molecule has 0 aromatic carbocycles. The van der Waals surface area contributed by atoms with Gasteiger partial charge in [-0.2, -0.15) is 0 Å². The van der Waals surface area contributed by atoms with Gasteiger partial charge in [0.05, 0.1) is 5.60 Å². The standard InChI is InChI=1S/C17H30O/c1-12(2)11-14(4)15(5)17(6,18)16-9-7-13(3)8-10-16/h7,11,14-16,18H,8-10H2,1-6H3. The van der Waals surface area contributed by atoms with Gasteiger partial charge in [-0.3, -0.25) is 0 Å². The lowest BCUT2D eigenvalue weighted by Gasteiger charge is -2.41. The summed E-state index contributed by atoms with van der Waals surface area (Å²) in [6.07, 6.45) is 7.89. The van der Waals surface area contributed by atoms with Gasteiger partial charge in [0.25, 0.3) is 0 Å². The summed E-state index contributed by atoms with van der Waals surface area (Å²) < 4.78 is 0. The van der Waals surface area contributed by atoms with E-state index in [0.29, 0.717) is 17.8 Å². The summed E-state index contributed by atoms with van der Waals surface area (Å²) >= 11 is 0. The van der Waals surface area contributed by atoms with Gasteiger partial charge >= 0.3 is 0 Å². The molecule has 0 radical (unpaired) electrons. The third kappa shape index (κ3) is 3.71. The zero-order valence-electron chi connectivity index (χ0n) is 13.0. The lowest BCUT2D eigenvalue weighted by atomic mass is 9.69. The normalized spacial score (nSPS) is 26.8. The molecule has 1 heteroatoms. The van der Waals surface area contributed by atoms with E-state index in [1.807, 2.05) is 6.92 Å². The molecule has 104 valence electrons. The first-order valence-corrected chi connectivity index (χ1v) is 7.28. The van der Waals surface area contributed by atoms with Gasteiger partial charge in [0.15, 0.2) is 0 Å². The summed E-state index contributed by atoms with van der Waals surface area (Å²) in [5.74, 6) is 1.13. The molecule has 0 heterocycles. The van der Waals surface area contributed by atoms with Crippen molar-refractivity contribution in [1.29, 1.82) is 0 Å². The second kappa shape index (κ2) is 6.06. The zero-order chi connectivity index (χ0) is 13.9. The van der Waals surface area contributed by atoms with Crippen molar-refractivity contribution in [3.63, 3.8) is 0 Å². The average Bonchev–Trinajstić information content (AvgIpc) is 2.27. The largest absolute Gasteiger partial charge is 0.390 e. The van der Waals surface area contributed by atoms with Crippen LogP contribution in [-0.4, -0.2) is 10.7 Å². The first-order chi connectivity index (χ1) is 8.25. The molecular formula is C17H30O. The highest BCUT2D eigenvalue weighted by atomic mass is 16.3. The highest BCUT2D eigenvalue weighted by Gasteiger charge is 2.39. The molecule has 1 nitrogen and oxygen atoms in total. The molecule has 0 fully saturated rings. The fraction of sp³-hybridized carbons (Fsp3) is 0.765. The van der Waals surface area contributed by atoms with E-state index < -0.39 is 5.60 Å². The Balaban J connectivity index is 2.76. The fourth-order valence-electron chi connectivity index (χ4n) is 3.07. The molecule has 0 aromatic heterocycles. The van der Waals surface area contributed by atoms with E-state index in [4.69, 9.17) is 0 Å². The molecular weight excluding hydrogens is 220 g/mol. The quantitative estimate of drug-likeness (QED) is 0.716. The molecule has 1 rings (SSSR count). The Bertz CT molecular complexity index is 332. The van der Waals surface area contributed by atoms with Crippen LogP contribution in [0.3, 0.4) is 0 Å². The van der Waals surface area contributed by atoms with Crippen LogP contribution in [0.4, 0.5) is 0 Å². The van der Waals surface area contributed by atoms with Gasteiger partial charge in [0, 0.05) is 0 Å². The van der Waals surface area contributed by atoms with Crippen LogP contribution in [0, 0.1) is 17.8 Å². The van der Waals surface area contributed by atoms with E-state index >= 15 is 0 Å². The van der Waals surface area contributed by atoms with Crippen LogP contribution in [0.25, 0.3) is 0 Å². The van der Waals surface area contributed by atoms with Gasteiger partial charge in [-0.15, -0.1) is 0 Å². The molecule has 18 heavy (non-hydrogen) atoms. The number of hydrogen-bond donors (Lipinski definition) is 1. The second-order valence-corrected chi connectivity index (χ2v) is 6.64. The summed E-state index contributed by atoms with van der Waals surface area (Å²) in [5.41, 5.74) is 2.25. The summed E-state index contributed by atoms with van der Waals surface area (Å²) in [6, 6.07) is 0. The molecule has 0 saturated carbocycles. The highest BCUT2D eigenvalue weighted by molar-refractivity contribution is 5.08. The predicted molar refractivity (Wildman–Crippen MR) is 79.5 cm³/mol. The summed E-state index contributed by atoms with van der Waals surface area (Å²) in [5, 5.41) is 10.9. The van der Waals surface area contributed by atoms with Crippen molar-refractivity contribution in [3.8, 4) is 0 Å². The van der Waals surface area contributed by atoms with Gasteiger partial charge in [0.2, 0.25) is 0 Å². The molecule has 0 bridgehead atoms. The molecule has 1 aliphatic carbocycles. The van der Waals surface area contributed by atoms with Crippen LogP contribution in [0.2, 0.25) is 0 Å². The molecule has 0 aliphatic heterocycles. The number of hydrogen-bond acceptors (Lipinski definition) is 1. The first kappa shape index (κ1) is 15.5. The third-order valence-electron chi connectivity index (χ3n) is 4.77. The van der Waals surface area contributed by atoms with E-state index in [1.54, 1.807) is 0 Å². The van der Waals surface area contributed by atoms with E-state index in [9.17, 15) is 5.11 Å². The van der Waals surface area contributed by atoms with Crippen molar-refractivity contribution in [2.24, 2.45) is 17.8 Å². The van der Waals surface area contributed by atoms with Gasteiger partial charge in [-0.1, -0.05) is 37.1 Å². The van der Waals surface area contributed by atoms with Gasteiger partial charge in [0.1, 0.15) is 0 Å². The predicted octanol–water partition coefficient (Wildman–Crippen LogP) is 4.72. The Morgan fingerprint density at radius 2 is 2.06 bits per heavy atom. The second-order valence-electron chi connectivity index (χ2n) is 6.64. The van der Waals surface area contributed by atoms with E-state index in [-0.39, 0.29) is 0 Å². The zero-order valence-corrected chi connectivity index (χ0v) is 13.0. The van der Waals surface area contributed by atoms with E-state index in [0.717, 1.165) is 19.3 Å². The number of aliphatic hydroxyl groups is 1. The van der Waals surface area contributed by atoms with Crippen LogP contribution in [-0.2, 0) is 0 Å². The molecule has 1 aliphatic rings. The Morgan fingerprint density at radius 3 is 2.50 bits per heavy atom. The van der Waals surface area contributed by atoms with Crippen molar-refractivity contribution >= 4 is 0 Å². The van der Waals surface area contributed by atoms with E-state index in [2.05, 4.69) is 46.8 Å². The molecule has 1 N–H and O–H groups in total. The van der Waals surface area contributed by atoms with Crippen molar-refractivity contribution in [3.05, 3.63) is 23.3 Å². The summed E-state index contributed by atoms with van der Waals surface area (Å²) in [7, 11) is 0. The highest BCUT2D eigenvalue weighted by Crippen LogP contribution is 2.39. The Morgan fingerprint density at radius 1 is 1.44 bits per heavy atom. The monoisotopic (exact) mass is 250 g/mol. The molecule has 4 atom stereocenters. The maximum atomic E-state index is 10.9. The van der Waals surface area contributed by atoms with Gasteiger partial charge in [-0.25, -0.2) is 0 Å². The summed E-state index contributed by atoms with van der Waals surface area (Å²) in [6.45, 7) is 12.9. The lowest BCUT2D eigenvalue weighted by molar-refractivity contribution is -0.0625. The molecule has 0 aromatic rings. The Labute approximate surface area is 113 Å². The average molecular weight is 250 g/mol. The van der Waals surface area contributed by atoms with Crippen LogP contribution in [0.15, 0.2) is 23.3 Å². The van der Waals surface area contributed by atoms with Crippen LogP contribution in [0.5, 0.6) is 0 Å². The van der Waals surface area contributed by atoms with Gasteiger partial charge < -0.3 is 5.11 Å². The first-order valence-electron chi connectivity index (χ1n) is 7.28. The minimum absolute atomic E-state index is 0.296. The molecule has 0 amide bonds. The SMILES string of the molecule is CC(C)=CC(C)C(C)C(C)(O)C1CC=C(C)CC1. The van der Waals surface area contributed by atoms with Crippen molar-refractivity contribution in [2.75, 3.05) is 0 Å². The van der Waals surface area contributed by atoms with Crippen LogP contribution >= 0.6 is 0 Å². The number of allylic oxidation sites excluding steroid dienone is 4. The minimum atomic E-state index is -0.567. The molecule has 0 spiro atoms. The Hall–Kier alpha value is -0.560. The summed E-state index contributed by atoms with van der Waals surface area (Å²) in [4.78, 5) is 0. The third-order valence-corrected chi connectivity index (χ3v) is 4.77. The van der Waals surface area contributed by atoms with Gasteiger partial charge in [-0.05, 0) is 64.7 Å². The molecule has 4 unspecified atom stereocenters. The van der Waals surface area contributed by atoms with Crippen molar-refractivity contribution < 1.29 is 5.11 Å². The van der Waals surface area contributed by atoms with Crippen LogP contribution in [0.1, 0.15) is 60.8 Å². The topological polar surface area (TPSA) is 20.2 Å².